The standard InChI is InChI=1S/C13H13N3O2S/c1-16-13-10(6-14-16)12(19-7-11(18)15-13)8-2-4-9(17)5-3-8/h2-6,12,17H,7H2,1H3,(H,15,18)/t12-/m1/s1. The van der Waals surface area contributed by atoms with E-state index in [2.05, 4.69) is 10.4 Å². The minimum absolute atomic E-state index is 0.0175. The highest BCUT2D eigenvalue weighted by Crippen LogP contribution is 2.41. The van der Waals surface area contributed by atoms with Crippen molar-refractivity contribution in [2.45, 2.75) is 5.25 Å². The second-order valence-corrected chi connectivity index (χ2v) is 5.50. The summed E-state index contributed by atoms with van der Waals surface area (Å²) in [6.45, 7) is 0. The molecule has 1 aromatic carbocycles. The second-order valence-electron chi connectivity index (χ2n) is 4.40. The number of thioether (sulfide) groups is 1. The molecule has 1 amide bonds. The van der Waals surface area contributed by atoms with E-state index in [-0.39, 0.29) is 16.9 Å². The van der Waals surface area contributed by atoms with E-state index < -0.39 is 0 Å². The Balaban J connectivity index is 2.06. The molecule has 1 aromatic heterocycles. The number of fused-ring (bicyclic) bond motifs is 1. The summed E-state index contributed by atoms with van der Waals surface area (Å²) in [4.78, 5) is 11.7. The van der Waals surface area contributed by atoms with Crippen LogP contribution in [0.4, 0.5) is 5.82 Å². The predicted molar refractivity (Wildman–Crippen MR) is 74.2 cm³/mol. The Morgan fingerprint density at radius 2 is 2.16 bits per heavy atom. The van der Waals surface area contributed by atoms with Crippen molar-refractivity contribution in [2.75, 3.05) is 11.1 Å². The molecule has 2 N–H and O–H groups in total. The van der Waals surface area contributed by atoms with E-state index in [0.717, 1.165) is 16.9 Å². The zero-order valence-corrected chi connectivity index (χ0v) is 11.1. The summed E-state index contributed by atoms with van der Waals surface area (Å²) < 4.78 is 1.67. The molecule has 1 aliphatic rings. The number of anilines is 1. The fourth-order valence-corrected chi connectivity index (χ4v) is 3.23. The van der Waals surface area contributed by atoms with Crippen LogP contribution in [0, 0.1) is 0 Å². The Morgan fingerprint density at radius 3 is 2.89 bits per heavy atom. The number of hydrogen-bond acceptors (Lipinski definition) is 4. The van der Waals surface area contributed by atoms with Crippen LogP contribution in [0.1, 0.15) is 16.4 Å². The van der Waals surface area contributed by atoms with E-state index in [1.165, 1.54) is 0 Å². The van der Waals surface area contributed by atoms with Crippen LogP contribution in [0.5, 0.6) is 5.75 Å². The maximum Gasteiger partial charge on any atom is 0.235 e. The SMILES string of the molecule is Cn1ncc2c1NC(=O)CS[C@@H]2c1ccc(O)cc1. The van der Waals surface area contributed by atoms with Crippen molar-refractivity contribution in [1.29, 1.82) is 0 Å². The van der Waals surface area contributed by atoms with Gasteiger partial charge in [-0.15, -0.1) is 11.8 Å². The van der Waals surface area contributed by atoms with Gasteiger partial charge in [0.1, 0.15) is 11.6 Å². The van der Waals surface area contributed by atoms with Gasteiger partial charge in [-0.25, -0.2) is 0 Å². The average molecular weight is 275 g/mol. The highest BCUT2D eigenvalue weighted by Gasteiger charge is 2.26. The fourth-order valence-electron chi connectivity index (χ4n) is 2.14. The van der Waals surface area contributed by atoms with Gasteiger partial charge in [-0.3, -0.25) is 9.48 Å². The van der Waals surface area contributed by atoms with Gasteiger partial charge >= 0.3 is 0 Å². The van der Waals surface area contributed by atoms with Crippen LogP contribution >= 0.6 is 11.8 Å². The minimum atomic E-state index is -0.0175. The number of hydrogen-bond donors (Lipinski definition) is 2. The van der Waals surface area contributed by atoms with E-state index in [1.807, 2.05) is 19.2 Å². The zero-order chi connectivity index (χ0) is 13.4. The van der Waals surface area contributed by atoms with E-state index in [1.54, 1.807) is 34.8 Å². The topological polar surface area (TPSA) is 67.2 Å². The Labute approximate surface area is 114 Å². The number of benzene rings is 1. The number of aromatic nitrogens is 2. The molecule has 0 aliphatic carbocycles. The van der Waals surface area contributed by atoms with Crippen molar-refractivity contribution in [2.24, 2.45) is 7.05 Å². The van der Waals surface area contributed by atoms with Crippen LogP contribution < -0.4 is 5.32 Å². The first kappa shape index (κ1) is 12.1. The Hall–Kier alpha value is -1.95. The van der Waals surface area contributed by atoms with Crippen molar-refractivity contribution in [3.8, 4) is 5.75 Å². The molecule has 2 heterocycles. The summed E-state index contributed by atoms with van der Waals surface area (Å²) in [6.07, 6.45) is 1.78. The van der Waals surface area contributed by atoms with Gasteiger partial charge < -0.3 is 10.4 Å². The normalized spacial score (nSPS) is 18.6. The Bertz CT molecular complexity index is 621. The molecule has 6 heteroatoms. The van der Waals surface area contributed by atoms with Crippen molar-refractivity contribution in [1.82, 2.24) is 9.78 Å². The molecular formula is C13H13N3O2S. The maximum atomic E-state index is 11.7. The van der Waals surface area contributed by atoms with Gasteiger partial charge in [0.05, 0.1) is 17.2 Å². The van der Waals surface area contributed by atoms with Crippen molar-refractivity contribution < 1.29 is 9.90 Å². The first-order chi connectivity index (χ1) is 9.15. The summed E-state index contributed by atoms with van der Waals surface area (Å²) in [5.74, 6) is 1.37. The molecule has 19 heavy (non-hydrogen) atoms. The highest BCUT2D eigenvalue weighted by molar-refractivity contribution is 8.00. The Morgan fingerprint density at radius 1 is 1.42 bits per heavy atom. The molecular weight excluding hydrogens is 262 g/mol. The smallest absolute Gasteiger partial charge is 0.235 e. The zero-order valence-electron chi connectivity index (χ0n) is 10.3. The molecule has 5 nitrogen and oxygen atoms in total. The predicted octanol–water partition coefficient (Wildman–Crippen LogP) is 1.90. The first-order valence-corrected chi connectivity index (χ1v) is 6.92. The molecule has 3 rings (SSSR count). The molecule has 1 aliphatic heterocycles. The summed E-state index contributed by atoms with van der Waals surface area (Å²) >= 11 is 1.56. The average Bonchev–Trinajstić information content (AvgIpc) is 2.65. The van der Waals surface area contributed by atoms with Crippen LogP contribution in [0.3, 0.4) is 0 Å². The third kappa shape index (κ3) is 2.19. The Kier molecular flexibility index (Phi) is 2.94. The van der Waals surface area contributed by atoms with Crippen LogP contribution in [0.2, 0.25) is 0 Å². The van der Waals surface area contributed by atoms with E-state index in [0.29, 0.717) is 5.75 Å². The molecule has 0 saturated heterocycles. The summed E-state index contributed by atoms with van der Waals surface area (Å²) in [5, 5.41) is 16.5. The minimum Gasteiger partial charge on any atom is -0.508 e. The number of aromatic hydroxyl groups is 1. The molecule has 0 fully saturated rings. The van der Waals surface area contributed by atoms with Crippen LogP contribution in [-0.2, 0) is 11.8 Å². The number of nitrogens with one attached hydrogen (secondary N) is 1. The highest BCUT2D eigenvalue weighted by atomic mass is 32.2. The van der Waals surface area contributed by atoms with E-state index >= 15 is 0 Å². The molecule has 0 radical (unpaired) electrons. The first-order valence-electron chi connectivity index (χ1n) is 5.87. The monoisotopic (exact) mass is 275 g/mol. The third-order valence-corrected chi connectivity index (χ3v) is 4.37. The molecule has 0 unspecified atom stereocenters. The number of aryl methyl sites for hydroxylation is 1. The molecule has 2 aromatic rings. The number of rotatable bonds is 1. The fraction of sp³-hybridized carbons (Fsp3) is 0.231. The molecule has 1 atom stereocenters. The maximum absolute atomic E-state index is 11.7. The van der Waals surface area contributed by atoms with Crippen LogP contribution in [0.15, 0.2) is 30.5 Å². The lowest BCUT2D eigenvalue weighted by molar-refractivity contribution is -0.113. The summed E-state index contributed by atoms with van der Waals surface area (Å²) in [5.41, 5.74) is 2.04. The molecule has 0 spiro atoms. The third-order valence-electron chi connectivity index (χ3n) is 3.08. The summed E-state index contributed by atoms with van der Waals surface area (Å²) in [7, 11) is 1.81. The van der Waals surface area contributed by atoms with E-state index in [4.69, 9.17) is 0 Å². The molecule has 98 valence electrons. The van der Waals surface area contributed by atoms with Gasteiger partial charge in [-0.2, -0.15) is 5.10 Å². The largest absolute Gasteiger partial charge is 0.508 e. The number of nitrogens with zero attached hydrogens (tertiary/aromatic N) is 2. The van der Waals surface area contributed by atoms with Gasteiger partial charge in [-0.05, 0) is 17.7 Å². The molecule has 0 bridgehead atoms. The van der Waals surface area contributed by atoms with Gasteiger partial charge in [0.15, 0.2) is 0 Å². The number of carbonyl (C=O) groups excluding carboxylic acids is 1. The van der Waals surface area contributed by atoms with Crippen molar-refractivity contribution in [3.05, 3.63) is 41.6 Å². The lowest BCUT2D eigenvalue weighted by Gasteiger charge is -2.13. The quantitative estimate of drug-likeness (QED) is 0.834. The lowest BCUT2D eigenvalue weighted by Crippen LogP contribution is -2.15. The molecule has 0 saturated carbocycles. The number of phenolic OH excluding ortho intramolecular Hbond substituents is 1. The van der Waals surface area contributed by atoms with Crippen molar-refractivity contribution in [3.63, 3.8) is 0 Å². The second kappa shape index (κ2) is 4.62. The number of amides is 1. The number of phenols is 1. The van der Waals surface area contributed by atoms with Gasteiger partial charge in [0.2, 0.25) is 5.91 Å². The van der Waals surface area contributed by atoms with Crippen molar-refractivity contribution >= 4 is 23.5 Å². The van der Waals surface area contributed by atoms with Crippen LogP contribution in [-0.4, -0.2) is 26.5 Å². The lowest BCUT2D eigenvalue weighted by atomic mass is 10.1. The summed E-state index contributed by atoms with van der Waals surface area (Å²) in [6, 6.07) is 7.07. The van der Waals surface area contributed by atoms with Gasteiger partial charge in [-0.1, -0.05) is 12.1 Å². The van der Waals surface area contributed by atoms with Crippen LogP contribution in [0.25, 0.3) is 0 Å². The van der Waals surface area contributed by atoms with E-state index in [9.17, 15) is 9.90 Å². The van der Waals surface area contributed by atoms with Gasteiger partial charge in [0, 0.05) is 12.6 Å². The number of carbonyl (C=O) groups is 1. The van der Waals surface area contributed by atoms with Gasteiger partial charge in [0.25, 0.3) is 0 Å².